The molecule has 1 aromatic carbocycles. The van der Waals surface area contributed by atoms with E-state index in [-0.39, 0.29) is 6.47 Å². The van der Waals surface area contributed by atoms with Crippen LogP contribution in [0.5, 0.6) is 5.75 Å². The van der Waals surface area contributed by atoms with E-state index in [1.54, 1.807) is 26.0 Å². The first-order valence-corrected chi connectivity index (χ1v) is 4.04. The van der Waals surface area contributed by atoms with Crippen LogP contribution in [0.3, 0.4) is 0 Å². The molecule has 0 spiro atoms. The van der Waals surface area contributed by atoms with E-state index >= 15 is 0 Å². The molecule has 0 amide bonds. The van der Waals surface area contributed by atoms with Gasteiger partial charge in [-0.1, -0.05) is 18.2 Å². The van der Waals surface area contributed by atoms with Crippen LogP contribution in [0.25, 0.3) is 0 Å². The van der Waals surface area contributed by atoms with E-state index in [1.807, 2.05) is 18.2 Å². The zero-order valence-corrected chi connectivity index (χ0v) is 8.18. The number of carbonyl (C=O) groups is 1. The van der Waals surface area contributed by atoms with Gasteiger partial charge in [-0.15, -0.1) is 0 Å². The SMILES string of the molecule is CC(C)(O)Oc1ccccc1.O=CO. The Bertz CT molecular complexity index is 251. The van der Waals surface area contributed by atoms with Crippen LogP contribution in [0.4, 0.5) is 0 Å². The molecule has 0 aromatic heterocycles. The van der Waals surface area contributed by atoms with E-state index in [9.17, 15) is 5.11 Å². The van der Waals surface area contributed by atoms with Crippen molar-refractivity contribution in [2.45, 2.75) is 19.6 Å². The smallest absolute Gasteiger partial charge is 0.290 e. The van der Waals surface area contributed by atoms with Gasteiger partial charge >= 0.3 is 0 Å². The van der Waals surface area contributed by atoms with Crippen LogP contribution < -0.4 is 4.74 Å². The molecule has 1 aromatic rings. The van der Waals surface area contributed by atoms with Crippen molar-refractivity contribution in [1.29, 1.82) is 0 Å². The van der Waals surface area contributed by atoms with Crippen molar-refractivity contribution in [2.75, 3.05) is 0 Å². The zero-order chi connectivity index (χ0) is 11.0. The molecule has 0 heterocycles. The lowest BCUT2D eigenvalue weighted by molar-refractivity contribution is -0.122. The van der Waals surface area contributed by atoms with E-state index in [2.05, 4.69) is 0 Å². The molecule has 0 atom stereocenters. The number of aliphatic hydroxyl groups is 1. The Hall–Kier alpha value is -1.55. The fourth-order valence-electron chi connectivity index (χ4n) is 0.777. The lowest BCUT2D eigenvalue weighted by atomic mass is 10.3. The number of para-hydroxylation sites is 1. The third-order valence-corrected chi connectivity index (χ3v) is 1.11. The fourth-order valence-corrected chi connectivity index (χ4v) is 0.777. The van der Waals surface area contributed by atoms with Gasteiger partial charge in [0.1, 0.15) is 5.75 Å². The summed E-state index contributed by atoms with van der Waals surface area (Å²) in [6.45, 7) is 2.94. The van der Waals surface area contributed by atoms with Gasteiger partial charge < -0.3 is 14.9 Å². The quantitative estimate of drug-likeness (QED) is 0.558. The number of benzene rings is 1. The van der Waals surface area contributed by atoms with E-state index in [1.165, 1.54) is 0 Å². The predicted molar refractivity (Wildman–Crippen MR) is 52.1 cm³/mol. The normalized spacial score (nSPS) is 9.64. The van der Waals surface area contributed by atoms with Crippen LogP contribution in [-0.4, -0.2) is 22.5 Å². The third kappa shape index (κ3) is 7.12. The molecule has 0 aliphatic carbocycles. The summed E-state index contributed by atoms with van der Waals surface area (Å²) in [5, 5.41) is 16.1. The standard InChI is InChI=1S/C9H12O2.CH2O2/c1-9(2,10)11-8-6-4-3-5-7-8;2-1-3/h3-7,10H,1-2H3;1H,(H,2,3). The number of rotatable bonds is 2. The largest absolute Gasteiger partial charge is 0.483 e. The van der Waals surface area contributed by atoms with Crippen molar-refractivity contribution in [1.82, 2.24) is 0 Å². The third-order valence-electron chi connectivity index (χ3n) is 1.11. The first-order chi connectivity index (χ1) is 6.49. The summed E-state index contributed by atoms with van der Waals surface area (Å²) in [6, 6.07) is 9.23. The molecule has 4 heteroatoms. The molecule has 0 radical (unpaired) electrons. The first-order valence-electron chi connectivity index (χ1n) is 4.04. The highest BCUT2D eigenvalue weighted by molar-refractivity contribution is 5.32. The summed E-state index contributed by atoms with van der Waals surface area (Å²) in [5.41, 5.74) is 0. The summed E-state index contributed by atoms with van der Waals surface area (Å²) >= 11 is 0. The topological polar surface area (TPSA) is 66.8 Å². The second kappa shape index (κ2) is 5.99. The van der Waals surface area contributed by atoms with Crippen molar-refractivity contribution in [2.24, 2.45) is 0 Å². The molecule has 78 valence electrons. The Morgan fingerprint density at radius 1 is 1.29 bits per heavy atom. The maximum absolute atomic E-state index is 9.25. The number of hydrogen-bond donors (Lipinski definition) is 2. The van der Waals surface area contributed by atoms with Crippen LogP contribution in [0.15, 0.2) is 30.3 Å². The maximum Gasteiger partial charge on any atom is 0.290 e. The molecule has 1 rings (SSSR count). The molecule has 0 fully saturated rings. The van der Waals surface area contributed by atoms with E-state index < -0.39 is 5.79 Å². The van der Waals surface area contributed by atoms with Gasteiger partial charge in [0.25, 0.3) is 6.47 Å². The lowest BCUT2D eigenvalue weighted by Crippen LogP contribution is -2.26. The van der Waals surface area contributed by atoms with Crippen molar-refractivity contribution >= 4 is 6.47 Å². The van der Waals surface area contributed by atoms with Crippen LogP contribution in [0, 0.1) is 0 Å². The van der Waals surface area contributed by atoms with Gasteiger partial charge in [-0.3, -0.25) is 4.79 Å². The molecule has 0 aliphatic heterocycles. The molecular formula is C10H14O4. The summed E-state index contributed by atoms with van der Waals surface area (Å²) in [6.07, 6.45) is 0. The summed E-state index contributed by atoms with van der Waals surface area (Å²) in [4.78, 5) is 8.36. The average molecular weight is 198 g/mol. The average Bonchev–Trinajstić information content (AvgIpc) is 2.04. The second-order valence-corrected chi connectivity index (χ2v) is 2.97. The lowest BCUT2D eigenvalue weighted by Gasteiger charge is -2.19. The monoisotopic (exact) mass is 198 g/mol. The number of hydrogen-bond acceptors (Lipinski definition) is 3. The van der Waals surface area contributed by atoms with Crippen LogP contribution in [-0.2, 0) is 4.79 Å². The Kier molecular flexibility index (Phi) is 5.33. The zero-order valence-electron chi connectivity index (χ0n) is 8.18. The molecule has 0 unspecified atom stereocenters. The summed E-state index contributed by atoms with van der Waals surface area (Å²) in [5.74, 6) is -0.415. The molecule has 0 aliphatic rings. The molecule has 0 bridgehead atoms. The minimum atomic E-state index is -1.10. The van der Waals surface area contributed by atoms with Gasteiger partial charge in [0.05, 0.1) is 0 Å². The van der Waals surface area contributed by atoms with E-state index in [4.69, 9.17) is 14.6 Å². The van der Waals surface area contributed by atoms with Crippen LogP contribution in [0.1, 0.15) is 13.8 Å². The Labute approximate surface area is 82.8 Å². The second-order valence-electron chi connectivity index (χ2n) is 2.97. The minimum Gasteiger partial charge on any atom is -0.483 e. The van der Waals surface area contributed by atoms with E-state index in [0.717, 1.165) is 0 Å². The first kappa shape index (κ1) is 12.4. The van der Waals surface area contributed by atoms with Crippen molar-refractivity contribution < 1.29 is 19.7 Å². The van der Waals surface area contributed by atoms with Crippen LogP contribution in [0.2, 0.25) is 0 Å². The Morgan fingerprint density at radius 3 is 2.07 bits per heavy atom. The number of ether oxygens (including phenoxy) is 1. The molecule has 0 saturated heterocycles. The van der Waals surface area contributed by atoms with Crippen molar-refractivity contribution in [3.05, 3.63) is 30.3 Å². The van der Waals surface area contributed by atoms with Gasteiger partial charge in [0.15, 0.2) is 0 Å². The molecular weight excluding hydrogens is 184 g/mol. The predicted octanol–water partition coefficient (Wildman–Crippen LogP) is 1.49. The fraction of sp³-hybridized carbons (Fsp3) is 0.300. The van der Waals surface area contributed by atoms with Gasteiger partial charge in [-0.05, 0) is 12.1 Å². The van der Waals surface area contributed by atoms with Crippen molar-refractivity contribution in [3.63, 3.8) is 0 Å². The Morgan fingerprint density at radius 2 is 1.71 bits per heavy atom. The maximum atomic E-state index is 9.25. The molecule has 4 nitrogen and oxygen atoms in total. The highest BCUT2D eigenvalue weighted by Crippen LogP contribution is 2.14. The summed E-state index contributed by atoms with van der Waals surface area (Å²) in [7, 11) is 0. The van der Waals surface area contributed by atoms with Gasteiger partial charge in [0.2, 0.25) is 5.79 Å². The molecule has 2 N–H and O–H groups in total. The minimum absolute atomic E-state index is 0.250. The van der Waals surface area contributed by atoms with Gasteiger partial charge in [-0.25, -0.2) is 0 Å². The molecule has 0 saturated carbocycles. The van der Waals surface area contributed by atoms with Gasteiger partial charge in [-0.2, -0.15) is 0 Å². The van der Waals surface area contributed by atoms with Crippen molar-refractivity contribution in [3.8, 4) is 5.75 Å². The van der Waals surface area contributed by atoms with Crippen LogP contribution >= 0.6 is 0 Å². The summed E-state index contributed by atoms with van der Waals surface area (Å²) < 4.78 is 5.16. The highest BCUT2D eigenvalue weighted by atomic mass is 16.6. The highest BCUT2D eigenvalue weighted by Gasteiger charge is 2.12. The molecule has 14 heavy (non-hydrogen) atoms. The Balaban J connectivity index is 0.000000500. The van der Waals surface area contributed by atoms with E-state index in [0.29, 0.717) is 5.75 Å². The van der Waals surface area contributed by atoms with Gasteiger partial charge in [0, 0.05) is 13.8 Å². The number of carboxylic acid groups (broad SMARTS) is 1.